The summed E-state index contributed by atoms with van der Waals surface area (Å²) in [5.74, 6) is -0.191. The minimum Gasteiger partial charge on any atom is -0.412 e. The Morgan fingerprint density at radius 1 is 1.23 bits per heavy atom. The van der Waals surface area contributed by atoms with Crippen molar-refractivity contribution in [2.45, 2.75) is 12.8 Å². The Labute approximate surface area is 173 Å². The molecule has 0 unspecified atom stereocenters. The Kier molecular flexibility index (Phi) is 7.83. The van der Waals surface area contributed by atoms with Crippen LogP contribution in [-0.2, 0) is 4.79 Å². The summed E-state index contributed by atoms with van der Waals surface area (Å²) >= 11 is 0. The van der Waals surface area contributed by atoms with Gasteiger partial charge in [0.15, 0.2) is 0 Å². The maximum absolute atomic E-state index is 11.9. The van der Waals surface area contributed by atoms with E-state index in [1.54, 1.807) is 18.3 Å². The second-order valence-corrected chi connectivity index (χ2v) is 6.40. The van der Waals surface area contributed by atoms with Crippen LogP contribution >= 0.6 is 0 Å². The number of non-ortho nitro benzene ring substituents is 1. The van der Waals surface area contributed by atoms with Gasteiger partial charge in [0, 0.05) is 59.0 Å². The van der Waals surface area contributed by atoms with Gasteiger partial charge in [-0.1, -0.05) is 36.9 Å². The Balaban J connectivity index is 0.00000320. The first-order valence-electron chi connectivity index (χ1n) is 9.10. The van der Waals surface area contributed by atoms with Gasteiger partial charge in [0.25, 0.3) is 5.69 Å². The van der Waals surface area contributed by atoms with Gasteiger partial charge >= 0.3 is 0 Å². The van der Waals surface area contributed by atoms with E-state index in [0.717, 1.165) is 16.5 Å². The van der Waals surface area contributed by atoms with Crippen LogP contribution in [0.2, 0.25) is 0 Å². The van der Waals surface area contributed by atoms with E-state index < -0.39 is 4.92 Å². The number of carbonyl (C=O) groups is 1. The average Bonchev–Trinajstić information content (AvgIpc) is 3.14. The van der Waals surface area contributed by atoms with Gasteiger partial charge in [-0.15, -0.1) is 0 Å². The van der Waals surface area contributed by atoms with Crippen LogP contribution in [0, 0.1) is 10.1 Å². The van der Waals surface area contributed by atoms with Crippen LogP contribution in [0.25, 0.3) is 16.6 Å². The van der Waals surface area contributed by atoms with E-state index in [9.17, 15) is 14.9 Å². The number of rotatable bonds is 9. The van der Waals surface area contributed by atoms with Crippen molar-refractivity contribution in [3.8, 4) is 0 Å². The molecule has 0 radical (unpaired) electrons. The number of para-hydroxylation sites is 1. The third-order valence-electron chi connectivity index (χ3n) is 4.34. The van der Waals surface area contributed by atoms with E-state index in [-0.39, 0.29) is 17.1 Å². The number of benzene rings is 2. The van der Waals surface area contributed by atoms with E-state index in [4.69, 9.17) is 0 Å². The zero-order chi connectivity index (χ0) is 20.6. The van der Waals surface area contributed by atoms with Gasteiger partial charge in [0.2, 0.25) is 5.91 Å². The summed E-state index contributed by atoms with van der Waals surface area (Å²) in [4.78, 5) is 25.4. The van der Waals surface area contributed by atoms with Gasteiger partial charge in [-0.2, -0.15) is 5.10 Å². The molecule has 0 saturated carbocycles. The molecule has 0 aliphatic carbocycles. The second kappa shape index (κ2) is 10.5. The largest absolute Gasteiger partial charge is 0.412 e. The van der Waals surface area contributed by atoms with Crippen LogP contribution in [0.3, 0.4) is 0 Å². The van der Waals surface area contributed by atoms with Crippen molar-refractivity contribution in [2.24, 2.45) is 5.10 Å². The third-order valence-corrected chi connectivity index (χ3v) is 4.34. The number of nitrogens with zero attached hydrogens (tertiary/aromatic N) is 2. The molecular formula is C21H23N5O4. The zero-order valence-corrected chi connectivity index (χ0v) is 16.2. The topological polar surface area (TPSA) is 144 Å². The third kappa shape index (κ3) is 5.76. The van der Waals surface area contributed by atoms with Crippen LogP contribution < -0.4 is 10.7 Å². The Bertz CT molecular complexity index is 1070. The number of hydrazone groups is 1. The number of hydrogen-bond donors (Lipinski definition) is 3. The SMILES string of the molecule is C=C(NCCCC(=O)N/N=C\c1c[nH]c2ccccc12)c1cccc([N+](=O)[O-])c1.O. The Hall–Kier alpha value is -3.98. The summed E-state index contributed by atoms with van der Waals surface area (Å²) in [5.41, 5.74) is 5.66. The first-order chi connectivity index (χ1) is 14.0. The number of nitro groups is 1. The van der Waals surface area contributed by atoms with Crippen LogP contribution in [0.5, 0.6) is 0 Å². The van der Waals surface area contributed by atoms with Crippen molar-refractivity contribution in [1.82, 2.24) is 15.7 Å². The van der Waals surface area contributed by atoms with E-state index in [1.807, 2.05) is 30.5 Å². The summed E-state index contributed by atoms with van der Waals surface area (Å²) in [6.45, 7) is 4.40. The summed E-state index contributed by atoms with van der Waals surface area (Å²) < 4.78 is 0. The normalized spacial score (nSPS) is 10.5. The lowest BCUT2D eigenvalue weighted by Gasteiger charge is -2.09. The number of fused-ring (bicyclic) bond motifs is 1. The van der Waals surface area contributed by atoms with E-state index in [2.05, 4.69) is 27.4 Å². The number of nitrogens with one attached hydrogen (secondary N) is 3. The predicted octanol–water partition coefficient (Wildman–Crippen LogP) is 2.74. The van der Waals surface area contributed by atoms with Crippen molar-refractivity contribution in [1.29, 1.82) is 0 Å². The first kappa shape index (κ1) is 22.3. The van der Waals surface area contributed by atoms with Crippen molar-refractivity contribution in [3.63, 3.8) is 0 Å². The number of amides is 1. The molecule has 1 amide bonds. The zero-order valence-electron chi connectivity index (χ0n) is 16.2. The van der Waals surface area contributed by atoms with Crippen molar-refractivity contribution in [3.05, 3.63) is 82.5 Å². The van der Waals surface area contributed by atoms with Crippen LogP contribution in [0.4, 0.5) is 5.69 Å². The smallest absolute Gasteiger partial charge is 0.270 e. The number of nitro benzene ring substituents is 1. The lowest BCUT2D eigenvalue weighted by Crippen LogP contribution is -2.20. The minimum atomic E-state index is -0.447. The summed E-state index contributed by atoms with van der Waals surface area (Å²) in [6, 6.07) is 14.1. The number of H-pyrrole nitrogens is 1. The summed E-state index contributed by atoms with van der Waals surface area (Å²) in [7, 11) is 0. The molecule has 1 aromatic heterocycles. The number of hydrogen-bond acceptors (Lipinski definition) is 5. The van der Waals surface area contributed by atoms with Crippen molar-refractivity contribution < 1.29 is 15.2 Å². The lowest BCUT2D eigenvalue weighted by molar-refractivity contribution is -0.384. The summed E-state index contributed by atoms with van der Waals surface area (Å²) in [5, 5.41) is 19.0. The molecule has 1 heterocycles. The van der Waals surface area contributed by atoms with Gasteiger partial charge in [-0.25, -0.2) is 5.43 Å². The minimum absolute atomic E-state index is 0. The predicted molar refractivity (Wildman–Crippen MR) is 117 cm³/mol. The lowest BCUT2D eigenvalue weighted by atomic mass is 10.1. The first-order valence-corrected chi connectivity index (χ1v) is 9.10. The van der Waals surface area contributed by atoms with Gasteiger partial charge in [0.1, 0.15) is 0 Å². The van der Waals surface area contributed by atoms with Gasteiger partial charge in [0.05, 0.1) is 11.1 Å². The van der Waals surface area contributed by atoms with Gasteiger partial charge in [-0.3, -0.25) is 14.9 Å². The second-order valence-electron chi connectivity index (χ2n) is 6.40. The molecule has 0 aliphatic rings. The fourth-order valence-corrected chi connectivity index (χ4v) is 2.83. The van der Waals surface area contributed by atoms with E-state index in [0.29, 0.717) is 30.6 Å². The standard InChI is InChI=1S/C21H21N5O3.H2O/c1-15(16-6-4-7-18(12-16)26(28)29)22-11-5-10-21(27)25-24-14-17-13-23-20-9-3-2-8-19(17)20;/h2-4,6-9,12-14,22-23H,1,5,10-11H2,(H,25,27);1H2/b24-14-;. The highest BCUT2D eigenvalue weighted by Gasteiger charge is 2.08. The highest BCUT2D eigenvalue weighted by Crippen LogP contribution is 2.17. The maximum atomic E-state index is 11.9. The molecule has 9 nitrogen and oxygen atoms in total. The summed E-state index contributed by atoms with van der Waals surface area (Å²) in [6.07, 6.45) is 4.31. The maximum Gasteiger partial charge on any atom is 0.270 e. The molecule has 5 N–H and O–H groups in total. The highest BCUT2D eigenvalue weighted by molar-refractivity contribution is 5.99. The molecule has 9 heteroatoms. The van der Waals surface area contributed by atoms with Gasteiger partial charge in [-0.05, 0) is 12.5 Å². The molecule has 30 heavy (non-hydrogen) atoms. The fraction of sp³-hybridized carbons (Fsp3) is 0.143. The number of aromatic amines is 1. The molecular weight excluding hydrogens is 386 g/mol. The van der Waals surface area contributed by atoms with Crippen LogP contribution in [0.1, 0.15) is 24.0 Å². The van der Waals surface area contributed by atoms with Crippen LogP contribution in [-0.4, -0.2) is 34.1 Å². The number of carbonyl (C=O) groups excluding carboxylic acids is 1. The fourth-order valence-electron chi connectivity index (χ4n) is 2.83. The molecule has 156 valence electrons. The van der Waals surface area contributed by atoms with Crippen molar-refractivity contribution >= 4 is 34.4 Å². The number of aromatic nitrogens is 1. The Morgan fingerprint density at radius 2 is 2.03 bits per heavy atom. The van der Waals surface area contributed by atoms with E-state index in [1.165, 1.54) is 12.1 Å². The molecule has 3 aromatic rings. The molecule has 0 spiro atoms. The molecule has 0 aliphatic heterocycles. The monoisotopic (exact) mass is 409 g/mol. The highest BCUT2D eigenvalue weighted by atomic mass is 16.6. The molecule has 0 saturated heterocycles. The van der Waals surface area contributed by atoms with Crippen molar-refractivity contribution in [2.75, 3.05) is 6.54 Å². The van der Waals surface area contributed by atoms with Gasteiger partial charge < -0.3 is 15.8 Å². The average molecular weight is 409 g/mol. The molecule has 3 rings (SSSR count). The molecule has 0 atom stereocenters. The Morgan fingerprint density at radius 3 is 2.83 bits per heavy atom. The molecule has 0 bridgehead atoms. The molecule has 2 aromatic carbocycles. The van der Waals surface area contributed by atoms with Crippen LogP contribution in [0.15, 0.2) is 66.4 Å². The molecule has 0 fully saturated rings. The van der Waals surface area contributed by atoms with E-state index >= 15 is 0 Å². The quantitative estimate of drug-likeness (QED) is 0.216.